The number of ether oxygens (including phenoxy) is 2. The lowest BCUT2D eigenvalue weighted by Crippen LogP contribution is -2.50. The highest BCUT2D eigenvalue weighted by molar-refractivity contribution is 7.80. The summed E-state index contributed by atoms with van der Waals surface area (Å²) in [5, 5.41) is 9.73. The molecule has 1 aliphatic rings. The molecule has 27 heavy (non-hydrogen) atoms. The van der Waals surface area contributed by atoms with Crippen LogP contribution in [-0.2, 0) is 6.42 Å². The Morgan fingerprint density at radius 1 is 1.26 bits per heavy atom. The van der Waals surface area contributed by atoms with Crippen molar-refractivity contribution in [2.45, 2.75) is 39.3 Å². The maximum atomic E-state index is 12.1. The summed E-state index contributed by atoms with van der Waals surface area (Å²) in [4.78, 5) is 14.2. The van der Waals surface area contributed by atoms with E-state index in [4.69, 9.17) is 21.7 Å². The van der Waals surface area contributed by atoms with Gasteiger partial charge in [-0.3, -0.25) is 0 Å². The topological polar surface area (TPSA) is 74.9 Å². The molecule has 1 aromatic rings. The van der Waals surface area contributed by atoms with E-state index in [1.54, 1.807) is 14.2 Å². The predicted molar refractivity (Wildman–Crippen MR) is 111 cm³/mol. The second-order valence-corrected chi connectivity index (χ2v) is 7.10. The fourth-order valence-electron chi connectivity index (χ4n) is 3.25. The maximum Gasteiger partial charge on any atom is 0.315 e. The number of fused-ring (bicyclic) bond motifs is 1. The van der Waals surface area contributed by atoms with Gasteiger partial charge in [0, 0.05) is 25.7 Å². The van der Waals surface area contributed by atoms with Crippen LogP contribution in [0.1, 0.15) is 37.9 Å². The van der Waals surface area contributed by atoms with Gasteiger partial charge in [0.2, 0.25) is 0 Å². The third kappa shape index (κ3) is 5.15. The average molecular weight is 395 g/mol. The Bertz CT molecular complexity index is 681. The Labute approximate surface area is 166 Å². The van der Waals surface area contributed by atoms with Gasteiger partial charge in [0.05, 0.1) is 20.3 Å². The molecule has 0 saturated carbocycles. The molecule has 2 amide bonds. The quantitative estimate of drug-likeness (QED) is 0.643. The van der Waals surface area contributed by atoms with Crippen LogP contribution >= 0.6 is 12.2 Å². The Hall–Kier alpha value is -2.22. The van der Waals surface area contributed by atoms with Gasteiger partial charge in [0.15, 0.2) is 16.6 Å². The van der Waals surface area contributed by atoms with Crippen LogP contribution in [0.4, 0.5) is 4.79 Å². The summed E-state index contributed by atoms with van der Waals surface area (Å²) in [5.41, 5.74) is 2.27. The summed E-state index contributed by atoms with van der Waals surface area (Å²) in [6, 6.07) is 3.81. The van der Waals surface area contributed by atoms with E-state index >= 15 is 0 Å². The first-order valence-corrected chi connectivity index (χ1v) is 9.65. The first-order valence-electron chi connectivity index (χ1n) is 9.24. The number of nitrogens with zero attached hydrogens (tertiary/aromatic N) is 1. The Balaban J connectivity index is 2.33. The van der Waals surface area contributed by atoms with Crippen LogP contribution in [-0.4, -0.2) is 55.9 Å². The van der Waals surface area contributed by atoms with E-state index < -0.39 is 0 Å². The van der Waals surface area contributed by atoms with Crippen molar-refractivity contribution < 1.29 is 14.3 Å². The minimum atomic E-state index is -0.188. The Morgan fingerprint density at radius 3 is 2.52 bits per heavy atom. The first-order chi connectivity index (χ1) is 12.9. The standard InChI is InChI=1S/C19H30N4O3S/c1-6-20-19(27)23-8-7-13-9-16(25-4)17(26-5)10-14(13)15(23)11-21-18(24)22-12(2)3/h9-10,12,15H,6-8,11H2,1-5H3,(H,20,27)(H2,21,22,24)/t15-/m0/s1. The Kier molecular flexibility index (Phi) is 7.53. The molecule has 150 valence electrons. The molecule has 1 atom stereocenters. The number of carbonyl (C=O) groups is 1. The largest absolute Gasteiger partial charge is 0.493 e. The number of hydrogen-bond donors (Lipinski definition) is 3. The normalized spacial score (nSPS) is 15.8. The molecule has 7 nitrogen and oxygen atoms in total. The molecule has 0 fully saturated rings. The molecule has 0 spiro atoms. The fraction of sp³-hybridized carbons (Fsp3) is 0.579. The number of benzene rings is 1. The van der Waals surface area contributed by atoms with E-state index in [0.29, 0.717) is 23.2 Å². The molecule has 0 aromatic heterocycles. The number of thiocarbonyl (C=S) groups is 1. The molecule has 1 heterocycles. The summed E-state index contributed by atoms with van der Waals surface area (Å²) in [6.45, 7) is 7.83. The van der Waals surface area contributed by atoms with Gasteiger partial charge in [-0.1, -0.05) is 0 Å². The zero-order valence-corrected chi connectivity index (χ0v) is 17.5. The van der Waals surface area contributed by atoms with Crippen molar-refractivity contribution in [2.75, 3.05) is 33.9 Å². The first kappa shape index (κ1) is 21.1. The van der Waals surface area contributed by atoms with Gasteiger partial charge >= 0.3 is 6.03 Å². The van der Waals surface area contributed by atoms with Gasteiger partial charge in [-0.15, -0.1) is 0 Å². The van der Waals surface area contributed by atoms with E-state index in [9.17, 15) is 4.79 Å². The van der Waals surface area contributed by atoms with Crippen LogP contribution < -0.4 is 25.4 Å². The molecular formula is C19H30N4O3S. The molecule has 8 heteroatoms. The van der Waals surface area contributed by atoms with Crippen LogP contribution in [0.5, 0.6) is 11.5 Å². The van der Waals surface area contributed by atoms with Crippen LogP contribution in [0, 0.1) is 0 Å². The SMILES string of the molecule is CCNC(=S)N1CCc2cc(OC)c(OC)cc2[C@@H]1CNC(=O)NC(C)C. The minimum absolute atomic E-state index is 0.0759. The van der Waals surface area contributed by atoms with Gasteiger partial charge in [-0.05, 0) is 62.7 Å². The summed E-state index contributed by atoms with van der Waals surface area (Å²) in [6.07, 6.45) is 0.843. The van der Waals surface area contributed by atoms with E-state index in [1.807, 2.05) is 32.9 Å². The number of urea groups is 1. The number of nitrogens with one attached hydrogen (secondary N) is 3. The van der Waals surface area contributed by atoms with E-state index in [0.717, 1.165) is 25.1 Å². The molecule has 0 aliphatic carbocycles. The lowest BCUT2D eigenvalue weighted by atomic mass is 9.92. The molecule has 1 aromatic carbocycles. The van der Waals surface area contributed by atoms with Crippen molar-refractivity contribution in [1.82, 2.24) is 20.9 Å². The molecule has 0 saturated heterocycles. The lowest BCUT2D eigenvalue weighted by Gasteiger charge is -2.39. The fourth-order valence-corrected chi connectivity index (χ4v) is 3.61. The van der Waals surface area contributed by atoms with Crippen LogP contribution in [0.2, 0.25) is 0 Å². The van der Waals surface area contributed by atoms with Crippen molar-refractivity contribution in [1.29, 1.82) is 0 Å². The van der Waals surface area contributed by atoms with Crippen molar-refractivity contribution in [3.63, 3.8) is 0 Å². The third-order valence-corrected chi connectivity index (χ3v) is 4.85. The number of hydrogen-bond acceptors (Lipinski definition) is 4. The van der Waals surface area contributed by atoms with E-state index in [2.05, 4.69) is 20.9 Å². The molecule has 0 bridgehead atoms. The molecule has 3 N–H and O–H groups in total. The number of methoxy groups -OCH3 is 2. The molecule has 1 aliphatic heterocycles. The average Bonchev–Trinajstić information content (AvgIpc) is 2.64. The van der Waals surface area contributed by atoms with Crippen LogP contribution in [0.3, 0.4) is 0 Å². The minimum Gasteiger partial charge on any atom is -0.493 e. The van der Waals surface area contributed by atoms with Gasteiger partial charge in [-0.25, -0.2) is 4.79 Å². The second-order valence-electron chi connectivity index (χ2n) is 6.71. The lowest BCUT2D eigenvalue weighted by molar-refractivity contribution is 0.230. The molecule has 0 radical (unpaired) electrons. The number of carbonyl (C=O) groups excluding carboxylic acids is 1. The zero-order chi connectivity index (χ0) is 20.0. The van der Waals surface area contributed by atoms with Crippen LogP contribution in [0.15, 0.2) is 12.1 Å². The highest BCUT2D eigenvalue weighted by Crippen LogP contribution is 2.37. The van der Waals surface area contributed by atoms with Crippen LogP contribution in [0.25, 0.3) is 0 Å². The summed E-state index contributed by atoms with van der Waals surface area (Å²) in [7, 11) is 3.26. The van der Waals surface area contributed by atoms with Gasteiger partial charge in [-0.2, -0.15) is 0 Å². The van der Waals surface area contributed by atoms with E-state index in [-0.39, 0.29) is 18.1 Å². The molecule has 0 unspecified atom stereocenters. The number of amides is 2. The van der Waals surface area contributed by atoms with Crippen molar-refractivity contribution in [2.24, 2.45) is 0 Å². The summed E-state index contributed by atoms with van der Waals surface area (Å²) >= 11 is 5.57. The van der Waals surface area contributed by atoms with Gasteiger partial charge in [0.25, 0.3) is 0 Å². The van der Waals surface area contributed by atoms with Gasteiger partial charge < -0.3 is 30.3 Å². The summed E-state index contributed by atoms with van der Waals surface area (Å²) in [5.74, 6) is 1.38. The Morgan fingerprint density at radius 2 is 1.93 bits per heavy atom. The van der Waals surface area contributed by atoms with Gasteiger partial charge in [0.1, 0.15) is 0 Å². The van der Waals surface area contributed by atoms with Crippen molar-refractivity contribution >= 4 is 23.4 Å². The summed E-state index contributed by atoms with van der Waals surface area (Å²) < 4.78 is 10.9. The maximum absolute atomic E-state index is 12.1. The van der Waals surface area contributed by atoms with Crippen molar-refractivity contribution in [3.8, 4) is 11.5 Å². The molecular weight excluding hydrogens is 364 g/mol. The van der Waals surface area contributed by atoms with Crippen molar-refractivity contribution in [3.05, 3.63) is 23.3 Å². The van der Waals surface area contributed by atoms with E-state index in [1.165, 1.54) is 5.56 Å². The zero-order valence-electron chi connectivity index (χ0n) is 16.7. The monoisotopic (exact) mass is 394 g/mol. The second kappa shape index (κ2) is 9.64. The third-order valence-electron chi connectivity index (χ3n) is 4.47. The number of rotatable bonds is 6. The highest BCUT2D eigenvalue weighted by atomic mass is 32.1. The highest BCUT2D eigenvalue weighted by Gasteiger charge is 2.31. The molecule has 2 rings (SSSR count). The smallest absolute Gasteiger partial charge is 0.315 e. The predicted octanol–water partition coefficient (Wildman–Crippen LogP) is 2.21.